The predicted octanol–water partition coefficient (Wildman–Crippen LogP) is 4.60. The second kappa shape index (κ2) is 9.31. The van der Waals surface area contributed by atoms with Crippen molar-refractivity contribution in [3.8, 4) is 28.4 Å². The molecule has 0 unspecified atom stereocenters. The minimum Gasteiger partial charge on any atom is -0.505 e. The van der Waals surface area contributed by atoms with E-state index < -0.39 is 11.6 Å². The highest BCUT2D eigenvalue weighted by atomic mass is 32.2. The van der Waals surface area contributed by atoms with Crippen LogP contribution in [0.15, 0.2) is 82.6 Å². The predicted molar refractivity (Wildman–Crippen MR) is 124 cm³/mol. The molecule has 10 heteroatoms. The molecule has 3 N–H and O–H groups in total. The lowest BCUT2D eigenvalue weighted by atomic mass is 10.1. The summed E-state index contributed by atoms with van der Waals surface area (Å²) in [7, 11) is 0. The van der Waals surface area contributed by atoms with Crippen LogP contribution in [0.4, 0.5) is 10.3 Å². The third-order valence-electron chi connectivity index (χ3n) is 4.82. The Bertz CT molecular complexity index is 1390. The van der Waals surface area contributed by atoms with Gasteiger partial charge in [-0.15, -0.1) is 0 Å². The van der Waals surface area contributed by atoms with Gasteiger partial charge >= 0.3 is 5.84 Å². The van der Waals surface area contributed by atoms with Gasteiger partial charge < -0.3 is 14.8 Å². The maximum Gasteiger partial charge on any atom is 0.306 e. The summed E-state index contributed by atoms with van der Waals surface area (Å²) in [6.07, 6.45) is 4.90. The second-order valence-corrected chi connectivity index (χ2v) is 8.00. The number of halogens is 1. The molecule has 0 aliphatic heterocycles. The molecule has 3 aromatic heterocycles. The quantitative estimate of drug-likeness (QED) is 0.227. The molecule has 0 atom stereocenters. The molecule has 0 saturated carbocycles. The van der Waals surface area contributed by atoms with E-state index in [2.05, 4.69) is 25.0 Å². The van der Waals surface area contributed by atoms with Gasteiger partial charge in [-0.1, -0.05) is 18.2 Å². The summed E-state index contributed by atoms with van der Waals surface area (Å²) >= 11 is 1.56. The van der Waals surface area contributed by atoms with Gasteiger partial charge in [-0.3, -0.25) is 9.12 Å². The number of imidazole rings is 1. The number of phenolic OH excluding ortho intramolecular Hbond substituents is 1. The van der Waals surface area contributed by atoms with Crippen LogP contribution in [0.5, 0.6) is 5.75 Å². The van der Waals surface area contributed by atoms with Crippen LogP contribution in [0.3, 0.4) is 0 Å². The second-order valence-electron chi connectivity index (χ2n) is 7.03. The Kier molecular flexibility index (Phi) is 5.92. The fraction of sp³-hybridized carbons (Fsp3) is 0.0870. The zero-order valence-corrected chi connectivity index (χ0v) is 18.1. The lowest BCUT2D eigenvalue weighted by Gasteiger charge is -2.08. The molecule has 0 amide bonds. The fourth-order valence-electron chi connectivity index (χ4n) is 3.32. The van der Waals surface area contributed by atoms with Crippen LogP contribution in [0.25, 0.3) is 28.5 Å². The number of phenols is 1. The summed E-state index contributed by atoms with van der Waals surface area (Å²) in [4.78, 5) is 14.6. The SMILES string of the molecule is Oc1cc(-c2nc3occn3c2-c2ccnc(NCCNSc3ccccc3)n2)ccc1F. The van der Waals surface area contributed by atoms with Crippen molar-refractivity contribution in [1.29, 1.82) is 0 Å². The van der Waals surface area contributed by atoms with Gasteiger partial charge in [-0.2, -0.15) is 4.98 Å². The number of aromatic hydroxyl groups is 1. The van der Waals surface area contributed by atoms with Crippen LogP contribution in [0, 0.1) is 5.82 Å². The van der Waals surface area contributed by atoms with E-state index in [9.17, 15) is 9.50 Å². The Morgan fingerprint density at radius 2 is 1.94 bits per heavy atom. The number of fused-ring (bicyclic) bond motifs is 1. The molecule has 0 bridgehead atoms. The minimum absolute atomic E-state index is 0.360. The number of oxazole rings is 1. The Balaban J connectivity index is 1.35. The van der Waals surface area contributed by atoms with E-state index in [-0.39, 0.29) is 0 Å². The number of nitrogens with zero attached hydrogens (tertiary/aromatic N) is 4. The van der Waals surface area contributed by atoms with Crippen molar-refractivity contribution in [2.24, 2.45) is 0 Å². The first kappa shape index (κ1) is 21.0. The van der Waals surface area contributed by atoms with Gasteiger partial charge in [0.25, 0.3) is 0 Å². The van der Waals surface area contributed by atoms with E-state index in [0.717, 1.165) is 4.90 Å². The molecule has 3 heterocycles. The molecular formula is C23H19FN6O2S. The van der Waals surface area contributed by atoms with Gasteiger partial charge in [-0.25, -0.2) is 14.4 Å². The first-order chi connectivity index (χ1) is 16.2. The third-order valence-corrected chi connectivity index (χ3v) is 5.68. The van der Waals surface area contributed by atoms with Crippen LogP contribution in [0.2, 0.25) is 0 Å². The van der Waals surface area contributed by atoms with Crippen LogP contribution in [0.1, 0.15) is 0 Å². The van der Waals surface area contributed by atoms with Crippen molar-refractivity contribution >= 4 is 23.7 Å². The topological polar surface area (TPSA) is 101 Å². The largest absolute Gasteiger partial charge is 0.505 e. The minimum atomic E-state index is -0.698. The molecule has 0 spiro atoms. The number of nitrogens with one attached hydrogen (secondary N) is 2. The average Bonchev–Trinajstić information content (AvgIpc) is 3.43. The zero-order chi connectivity index (χ0) is 22.6. The Hall–Kier alpha value is -3.89. The Morgan fingerprint density at radius 1 is 1.06 bits per heavy atom. The van der Waals surface area contributed by atoms with Crippen molar-refractivity contribution in [1.82, 2.24) is 24.1 Å². The summed E-state index contributed by atoms with van der Waals surface area (Å²) in [5.41, 5.74) is 2.30. The van der Waals surface area contributed by atoms with E-state index in [0.29, 0.717) is 47.5 Å². The number of aromatic nitrogens is 4. The molecule has 166 valence electrons. The van der Waals surface area contributed by atoms with Gasteiger partial charge in [-0.05, 0) is 48.3 Å². The third kappa shape index (κ3) is 4.52. The highest BCUT2D eigenvalue weighted by Crippen LogP contribution is 2.34. The Morgan fingerprint density at radius 3 is 2.79 bits per heavy atom. The summed E-state index contributed by atoms with van der Waals surface area (Å²) in [6.45, 7) is 1.32. The highest BCUT2D eigenvalue weighted by molar-refractivity contribution is 7.97. The molecule has 5 aromatic rings. The average molecular weight is 463 g/mol. The highest BCUT2D eigenvalue weighted by Gasteiger charge is 2.20. The van der Waals surface area contributed by atoms with E-state index in [1.165, 1.54) is 18.4 Å². The summed E-state index contributed by atoms with van der Waals surface area (Å²) in [5, 5.41) is 13.0. The number of anilines is 1. The molecular weight excluding hydrogens is 443 g/mol. The summed E-state index contributed by atoms with van der Waals surface area (Å²) in [6, 6.07) is 15.9. The first-order valence-electron chi connectivity index (χ1n) is 10.2. The van der Waals surface area contributed by atoms with E-state index in [1.54, 1.807) is 40.9 Å². The molecule has 33 heavy (non-hydrogen) atoms. The lowest BCUT2D eigenvalue weighted by molar-refractivity contribution is 0.432. The molecule has 0 radical (unpaired) electrons. The maximum atomic E-state index is 13.6. The summed E-state index contributed by atoms with van der Waals surface area (Å²) < 4.78 is 24.1. The molecule has 5 rings (SSSR count). The monoisotopic (exact) mass is 462 g/mol. The maximum absolute atomic E-state index is 13.6. The first-order valence-corrected chi connectivity index (χ1v) is 11.0. The standard InChI is InChI=1S/C23H19FN6O2S/c24-17-7-6-15(14-19(17)31)20-21(30-12-13-32-23(30)29-20)18-8-9-25-22(28-18)26-10-11-27-33-16-4-2-1-3-5-16/h1-9,12-14,27,31H,10-11H2,(H,25,26,28). The number of benzene rings is 2. The van der Waals surface area contributed by atoms with E-state index in [1.807, 2.05) is 30.3 Å². The van der Waals surface area contributed by atoms with Crippen LogP contribution < -0.4 is 10.0 Å². The van der Waals surface area contributed by atoms with Crippen molar-refractivity contribution in [3.63, 3.8) is 0 Å². The van der Waals surface area contributed by atoms with Gasteiger partial charge in [0.05, 0.1) is 5.69 Å². The van der Waals surface area contributed by atoms with Crippen molar-refractivity contribution < 1.29 is 13.9 Å². The molecule has 0 aliphatic carbocycles. The molecule has 0 aliphatic rings. The number of hydrogen-bond donors (Lipinski definition) is 3. The van der Waals surface area contributed by atoms with Crippen molar-refractivity contribution in [2.45, 2.75) is 4.90 Å². The van der Waals surface area contributed by atoms with Gasteiger partial charge in [0.2, 0.25) is 5.95 Å². The lowest BCUT2D eigenvalue weighted by Crippen LogP contribution is -2.17. The zero-order valence-electron chi connectivity index (χ0n) is 17.3. The van der Waals surface area contributed by atoms with Crippen LogP contribution >= 0.6 is 11.9 Å². The van der Waals surface area contributed by atoms with Gasteiger partial charge in [0.1, 0.15) is 17.7 Å². The number of hydrogen-bond acceptors (Lipinski definition) is 8. The van der Waals surface area contributed by atoms with Gasteiger partial charge in [0, 0.05) is 35.9 Å². The molecule has 8 nitrogen and oxygen atoms in total. The molecule has 2 aromatic carbocycles. The normalized spacial score (nSPS) is 11.2. The molecule has 0 saturated heterocycles. The van der Waals surface area contributed by atoms with Crippen molar-refractivity contribution in [2.75, 3.05) is 18.4 Å². The molecule has 0 fully saturated rings. The van der Waals surface area contributed by atoms with E-state index in [4.69, 9.17) is 4.42 Å². The Labute approximate surface area is 192 Å². The number of rotatable bonds is 8. The van der Waals surface area contributed by atoms with E-state index >= 15 is 0 Å². The van der Waals surface area contributed by atoms with Crippen LogP contribution in [-0.4, -0.2) is 37.5 Å². The summed E-state index contributed by atoms with van der Waals surface area (Å²) in [5.74, 6) is -0.325. The van der Waals surface area contributed by atoms with Gasteiger partial charge in [0.15, 0.2) is 11.6 Å². The van der Waals surface area contributed by atoms with Crippen molar-refractivity contribution in [3.05, 3.63) is 79.1 Å². The fourth-order valence-corrected chi connectivity index (χ4v) is 3.98. The smallest absolute Gasteiger partial charge is 0.306 e. The van der Waals surface area contributed by atoms with Crippen LogP contribution in [-0.2, 0) is 0 Å².